The van der Waals surface area contributed by atoms with Crippen molar-refractivity contribution in [3.8, 4) is 0 Å². The fourth-order valence-corrected chi connectivity index (χ4v) is 1.61. The molecule has 24 heavy (non-hydrogen) atoms. The summed E-state index contributed by atoms with van der Waals surface area (Å²) in [5.41, 5.74) is 3.23. The summed E-state index contributed by atoms with van der Waals surface area (Å²) in [4.78, 5) is 0. The number of amidine groups is 2. The van der Waals surface area contributed by atoms with Gasteiger partial charge in [0.05, 0.1) is 26.4 Å². The van der Waals surface area contributed by atoms with Crippen LogP contribution in [0.2, 0.25) is 0 Å². The van der Waals surface area contributed by atoms with E-state index in [0.29, 0.717) is 0 Å². The summed E-state index contributed by atoms with van der Waals surface area (Å²) in [5, 5.41) is 69.7. The second-order valence-electron chi connectivity index (χ2n) is 4.90. The molecule has 0 aromatic carbocycles. The van der Waals surface area contributed by atoms with E-state index in [9.17, 15) is 15.3 Å². The molecule has 0 radical (unpaired) electrons. The van der Waals surface area contributed by atoms with E-state index in [1.165, 1.54) is 0 Å². The molecular formula is C12H26N4O8. The molecule has 0 rings (SSSR count). The summed E-state index contributed by atoms with van der Waals surface area (Å²) >= 11 is 0. The van der Waals surface area contributed by atoms with Crippen LogP contribution in [0.5, 0.6) is 0 Å². The first-order chi connectivity index (χ1) is 11.4. The Hall–Kier alpha value is -1.38. The smallest absolute Gasteiger partial charge is 0.120 e. The van der Waals surface area contributed by atoms with Gasteiger partial charge in [-0.2, -0.15) is 0 Å². The number of hydroxylamine groups is 2. The third-order valence-corrected chi connectivity index (χ3v) is 3.04. The number of hydrogen-bond acceptors (Lipinski definition) is 10. The molecule has 142 valence electrons. The van der Waals surface area contributed by atoms with Crippen molar-refractivity contribution in [3.05, 3.63) is 0 Å². The molecule has 0 spiro atoms. The predicted octanol–water partition coefficient (Wildman–Crippen LogP) is -2.84. The zero-order valence-corrected chi connectivity index (χ0v) is 13.1. The molecule has 4 atom stereocenters. The van der Waals surface area contributed by atoms with Crippen molar-refractivity contribution in [2.75, 3.05) is 26.4 Å². The van der Waals surface area contributed by atoms with Crippen LogP contribution in [0.1, 0.15) is 12.8 Å². The first kappa shape index (κ1) is 22.6. The maximum Gasteiger partial charge on any atom is 0.120 e. The molecule has 0 saturated carbocycles. The summed E-state index contributed by atoms with van der Waals surface area (Å²) in [6, 6.07) is 0. The predicted molar refractivity (Wildman–Crippen MR) is 80.2 cm³/mol. The van der Waals surface area contributed by atoms with Gasteiger partial charge in [0.1, 0.15) is 36.1 Å². The Morgan fingerprint density at radius 2 is 1.46 bits per heavy atom. The molecule has 12 heteroatoms. The first-order valence-corrected chi connectivity index (χ1v) is 7.16. The molecule has 0 aromatic rings. The lowest BCUT2D eigenvalue weighted by Crippen LogP contribution is -2.48. The van der Waals surface area contributed by atoms with E-state index in [1.807, 2.05) is 0 Å². The summed E-state index contributed by atoms with van der Waals surface area (Å²) in [6.07, 6.45) is -5.88. The van der Waals surface area contributed by atoms with Crippen LogP contribution in [-0.2, 0) is 9.47 Å². The van der Waals surface area contributed by atoms with Crippen LogP contribution in [-0.4, -0.2) is 93.4 Å². The zero-order valence-electron chi connectivity index (χ0n) is 13.1. The second-order valence-corrected chi connectivity index (χ2v) is 4.90. The zero-order chi connectivity index (χ0) is 18.5. The molecule has 0 aromatic heterocycles. The Morgan fingerprint density at radius 3 is 1.96 bits per heavy atom. The van der Waals surface area contributed by atoms with Gasteiger partial charge < -0.3 is 29.9 Å². The van der Waals surface area contributed by atoms with E-state index in [2.05, 4.69) is 0 Å². The van der Waals surface area contributed by atoms with Crippen molar-refractivity contribution in [3.63, 3.8) is 0 Å². The topological polar surface area (TPSA) is 212 Å². The van der Waals surface area contributed by atoms with Gasteiger partial charge in [-0.3, -0.25) is 32.2 Å². The fourth-order valence-electron chi connectivity index (χ4n) is 1.61. The highest BCUT2D eigenvalue weighted by Crippen LogP contribution is 2.09. The highest BCUT2D eigenvalue weighted by molar-refractivity contribution is 5.77. The normalized spacial score (nSPS) is 16.1. The van der Waals surface area contributed by atoms with E-state index in [0.717, 1.165) is 0 Å². The number of ether oxygens (including phenoxy) is 2. The molecule has 4 unspecified atom stereocenters. The molecule has 0 amide bonds. The van der Waals surface area contributed by atoms with Gasteiger partial charge in [-0.25, -0.2) is 0 Å². The van der Waals surface area contributed by atoms with E-state index in [-0.39, 0.29) is 44.3 Å². The molecule has 12 nitrogen and oxygen atoms in total. The molecular weight excluding hydrogens is 328 g/mol. The van der Waals surface area contributed by atoms with Gasteiger partial charge in [-0.15, -0.1) is 0 Å². The third-order valence-electron chi connectivity index (χ3n) is 3.04. The van der Waals surface area contributed by atoms with Crippen LogP contribution in [0.4, 0.5) is 0 Å². The van der Waals surface area contributed by atoms with Crippen molar-refractivity contribution >= 4 is 11.7 Å². The maximum absolute atomic E-state index is 9.91. The van der Waals surface area contributed by atoms with Gasteiger partial charge >= 0.3 is 0 Å². The average Bonchev–Trinajstić information content (AvgIpc) is 2.60. The summed E-state index contributed by atoms with van der Waals surface area (Å²) < 4.78 is 10.1. The maximum atomic E-state index is 9.91. The largest absolute Gasteiger partial charge is 0.394 e. The molecule has 0 saturated heterocycles. The lowest BCUT2D eigenvalue weighted by molar-refractivity contribution is -0.144. The molecule has 0 fully saturated rings. The third kappa shape index (κ3) is 9.05. The van der Waals surface area contributed by atoms with Crippen LogP contribution >= 0.6 is 0 Å². The van der Waals surface area contributed by atoms with Gasteiger partial charge in [0, 0.05) is 12.8 Å². The van der Waals surface area contributed by atoms with Crippen molar-refractivity contribution < 1.29 is 40.3 Å². The second kappa shape index (κ2) is 13.0. The van der Waals surface area contributed by atoms with Crippen molar-refractivity contribution in [1.82, 2.24) is 11.0 Å². The average molecular weight is 354 g/mol. The minimum Gasteiger partial charge on any atom is -0.394 e. The van der Waals surface area contributed by atoms with Crippen LogP contribution < -0.4 is 11.0 Å². The SMILES string of the molecule is N=C(CCOCC(O)C(O)C(O)C(CO)OCCC(=N)NO)NO. The number of hydrogen-bond donors (Lipinski definition) is 10. The van der Waals surface area contributed by atoms with Gasteiger partial charge in [-0.05, 0) is 0 Å². The molecule has 0 heterocycles. The molecule has 0 aliphatic rings. The lowest BCUT2D eigenvalue weighted by Gasteiger charge is -2.28. The van der Waals surface area contributed by atoms with Gasteiger partial charge in [-0.1, -0.05) is 0 Å². The molecule has 0 bridgehead atoms. The van der Waals surface area contributed by atoms with Gasteiger partial charge in [0.2, 0.25) is 0 Å². The van der Waals surface area contributed by atoms with Gasteiger partial charge in [0.25, 0.3) is 0 Å². The first-order valence-electron chi connectivity index (χ1n) is 7.16. The van der Waals surface area contributed by atoms with E-state index in [1.54, 1.807) is 11.0 Å². The fraction of sp³-hybridized carbons (Fsp3) is 0.833. The van der Waals surface area contributed by atoms with Crippen LogP contribution in [0.15, 0.2) is 0 Å². The minimum absolute atomic E-state index is 0.00245. The van der Waals surface area contributed by atoms with Crippen molar-refractivity contribution in [2.24, 2.45) is 0 Å². The van der Waals surface area contributed by atoms with E-state index in [4.69, 9.17) is 35.8 Å². The van der Waals surface area contributed by atoms with Crippen LogP contribution in [0, 0.1) is 10.8 Å². The molecule has 0 aliphatic heterocycles. The Bertz CT molecular complexity index is 373. The summed E-state index contributed by atoms with van der Waals surface area (Å²) in [7, 11) is 0. The van der Waals surface area contributed by atoms with Crippen molar-refractivity contribution in [2.45, 2.75) is 37.3 Å². The number of rotatable bonds is 13. The molecule has 10 N–H and O–H groups in total. The Balaban J connectivity index is 4.20. The Morgan fingerprint density at radius 1 is 0.917 bits per heavy atom. The quantitative estimate of drug-likeness (QED) is 0.0707. The summed E-state index contributed by atoms with van der Waals surface area (Å²) in [6.45, 7) is -1.08. The minimum atomic E-state index is -1.66. The van der Waals surface area contributed by atoms with Crippen LogP contribution in [0.25, 0.3) is 0 Å². The van der Waals surface area contributed by atoms with E-state index < -0.39 is 31.0 Å². The number of nitrogens with one attached hydrogen (secondary N) is 4. The van der Waals surface area contributed by atoms with Crippen LogP contribution in [0.3, 0.4) is 0 Å². The standard InChI is InChI=1S/C12H26N4O8/c13-9(15-21)1-3-23-6-7(18)11(19)12(20)8(5-17)24-4-2-10(14)16-22/h7-8,11-12,17-22H,1-6H2,(H2,13,15)(H2,14,16). The highest BCUT2D eigenvalue weighted by Gasteiger charge is 2.31. The highest BCUT2D eigenvalue weighted by atomic mass is 16.5. The van der Waals surface area contributed by atoms with Crippen molar-refractivity contribution in [1.29, 1.82) is 10.8 Å². The summed E-state index contributed by atoms with van der Waals surface area (Å²) in [5.74, 6) is -0.403. The lowest BCUT2D eigenvalue weighted by atomic mass is 10.0. The Labute approximate surface area is 138 Å². The monoisotopic (exact) mass is 354 g/mol. The molecule has 0 aliphatic carbocycles. The Kier molecular flexibility index (Phi) is 12.2. The van der Waals surface area contributed by atoms with Gasteiger partial charge in [0.15, 0.2) is 0 Å². The number of aliphatic hydroxyl groups is 4. The van der Waals surface area contributed by atoms with E-state index >= 15 is 0 Å². The number of aliphatic hydroxyl groups excluding tert-OH is 4.